The van der Waals surface area contributed by atoms with Gasteiger partial charge >= 0.3 is 0 Å². The SMILES string of the molecule is CN1CCN(c2ccc3nc(-c4ccc(-c5ccc(-c6ccc(-c7nc8ccc(N9CCN(C)CC9)cc8[nH]7)cc6)o5)cc4)[nH]c3c2)CC1. The maximum atomic E-state index is 6.34. The smallest absolute Gasteiger partial charge is 0.138 e. The zero-order valence-electron chi connectivity index (χ0n) is 28.0. The molecule has 9 nitrogen and oxygen atoms in total. The molecule has 0 unspecified atom stereocenters. The number of hydrogen-bond acceptors (Lipinski definition) is 7. The number of piperazine rings is 2. The van der Waals surface area contributed by atoms with E-state index in [2.05, 4.69) is 129 Å². The van der Waals surface area contributed by atoms with Crippen molar-refractivity contribution < 1.29 is 4.42 Å². The molecule has 2 saturated heterocycles. The molecule has 0 spiro atoms. The second-order valence-corrected chi connectivity index (χ2v) is 13.5. The van der Waals surface area contributed by atoms with Gasteiger partial charge in [-0.05, 0) is 62.6 Å². The fourth-order valence-electron chi connectivity index (χ4n) is 7.02. The highest BCUT2D eigenvalue weighted by Crippen LogP contribution is 2.32. The quantitative estimate of drug-likeness (QED) is 0.197. The van der Waals surface area contributed by atoms with E-state index in [-0.39, 0.29) is 0 Å². The van der Waals surface area contributed by atoms with E-state index in [0.29, 0.717) is 0 Å². The summed E-state index contributed by atoms with van der Waals surface area (Å²) in [6, 6.07) is 34.0. The lowest BCUT2D eigenvalue weighted by Gasteiger charge is -2.34. The predicted molar refractivity (Wildman–Crippen MR) is 199 cm³/mol. The molecule has 2 fully saturated rings. The number of aromatic nitrogens is 4. The normalized spacial score (nSPS) is 16.3. The lowest BCUT2D eigenvalue weighted by Crippen LogP contribution is -2.44. The molecule has 0 aliphatic carbocycles. The molecule has 2 aliphatic heterocycles. The summed E-state index contributed by atoms with van der Waals surface area (Å²) >= 11 is 0. The Morgan fingerprint density at radius 1 is 0.469 bits per heavy atom. The van der Waals surface area contributed by atoms with Crippen LogP contribution in [-0.4, -0.2) is 96.2 Å². The second kappa shape index (κ2) is 12.3. The molecule has 2 aliphatic rings. The summed E-state index contributed by atoms with van der Waals surface area (Å²) in [4.78, 5) is 26.5. The van der Waals surface area contributed by atoms with Crippen molar-refractivity contribution in [2.45, 2.75) is 0 Å². The lowest BCUT2D eigenvalue weighted by atomic mass is 10.1. The minimum Gasteiger partial charge on any atom is -0.456 e. The summed E-state index contributed by atoms with van der Waals surface area (Å²) < 4.78 is 6.34. The van der Waals surface area contributed by atoms with Crippen molar-refractivity contribution in [3.63, 3.8) is 0 Å². The molecule has 0 saturated carbocycles. The van der Waals surface area contributed by atoms with Crippen molar-refractivity contribution in [2.75, 3.05) is 76.3 Å². The van der Waals surface area contributed by atoms with Gasteiger partial charge in [0.1, 0.15) is 23.2 Å². The molecule has 9 heteroatoms. The average molecular weight is 649 g/mol. The van der Waals surface area contributed by atoms with Crippen molar-refractivity contribution in [3.8, 4) is 45.4 Å². The van der Waals surface area contributed by atoms with Gasteiger partial charge in [-0.1, -0.05) is 48.5 Å². The van der Waals surface area contributed by atoms with Crippen LogP contribution in [0.1, 0.15) is 0 Å². The first kappa shape index (κ1) is 29.7. The Hall–Kier alpha value is -5.38. The zero-order valence-corrected chi connectivity index (χ0v) is 28.0. The molecule has 0 bridgehead atoms. The van der Waals surface area contributed by atoms with Gasteiger partial charge in [-0.2, -0.15) is 0 Å². The molecule has 0 radical (unpaired) electrons. The van der Waals surface area contributed by atoms with Gasteiger partial charge in [-0.25, -0.2) is 9.97 Å². The Bertz CT molecular complexity index is 2070. The van der Waals surface area contributed by atoms with Gasteiger partial charge in [-0.15, -0.1) is 0 Å². The molecule has 9 rings (SSSR count). The standard InChI is InChI=1S/C40H40N8O/c1-45-17-21-47(22-18-45)31-11-13-33-35(25-31)43-39(41-33)29-7-3-27(4-8-29)37-15-16-38(49-37)28-5-9-30(10-6-28)40-42-34-14-12-32(26-36(34)44-40)48-23-19-46(2)20-24-48/h3-16,25-26H,17-24H2,1-2H3,(H,41,43)(H,42,44). The van der Waals surface area contributed by atoms with Crippen molar-refractivity contribution >= 4 is 33.4 Å². The van der Waals surface area contributed by atoms with Gasteiger partial charge in [-0.3, -0.25) is 0 Å². The molecular formula is C40H40N8O. The van der Waals surface area contributed by atoms with Crippen LogP contribution >= 0.6 is 0 Å². The number of hydrogen-bond donors (Lipinski definition) is 2. The van der Waals surface area contributed by atoms with Crippen LogP contribution in [0.4, 0.5) is 11.4 Å². The fraction of sp³-hybridized carbons (Fsp3) is 0.250. The van der Waals surface area contributed by atoms with Gasteiger partial charge in [0.25, 0.3) is 0 Å². The van der Waals surface area contributed by atoms with Crippen LogP contribution in [0.2, 0.25) is 0 Å². The van der Waals surface area contributed by atoms with Crippen molar-refractivity contribution in [2.24, 2.45) is 0 Å². The van der Waals surface area contributed by atoms with Gasteiger partial charge in [0.15, 0.2) is 0 Å². The van der Waals surface area contributed by atoms with E-state index in [1.54, 1.807) is 0 Å². The number of imidazole rings is 2. The molecule has 0 amide bonds. The first-order valence-electron chi connectivity index (χ1n) is 17.2. The number of rotatable bonds is 6. The number of anilines is 2. The molecule has 7 aromatic rings. The highest BCUT2D eigenvalue weighted by atomic mass is 16.3. The van der Waals surface area contributed by atoms with Gasteiger partial charge in [0.05, 0.1) is 22.1 Å². The monoisotopic (exact) mass is 648 g/mol. The molecule has 3 aromatic heterocycles. The third kappa shape index (κ3) is 5.85. The highest BCUT2D eigenvalue weighted by molar-refractivity contribution is 5.84. The summed E-state index contributed by atoms with van der Waals surface area (Å²) in [6.45, 7) is 8.54. The number of nitrogens with one attached hydrogen (secondary N) is 2. The first-order valence-corrected chi connectivity index (χ1v) is 17.2. The van der Waals surface area contributed by atoms with E-state index in [0.717, 1.165) is 120 Å². The van der Waals surface area contributed by atoms with Crippen LogP contribution in [0.15, 0.2) is 101 Å². The largest absolute Gasteiger partial charge is 0.456 e. The van der Waals surface area contributed by atoms with Crippen molar-refractivity contribution in [1.82, 2.24) is 29.7 Å². The predicted octanol–water partition coefficient (Wildman–Crippen LogP) is 7.20. The molecule has 2 N–H and O–H groups in total. The number of nitrogens with zero attached hydrogens (tertiary/aromatic N) is 6. The topological polar surface area (TPSA) is 83.5 Å². The van der Waals surface area contributed by atoms with E-state index in [1.165, 1.54) is 11.4 Å². The van der Waals surface area contributed by atoms with Crippen molar-refractivity contribution in [3.05, 3.63) is 97.1 Å². The minimum atomic E-state index is 0.834. The maximum Gasteiger partial charge on any atom is 0.138 e. The van der Waals surface area contributed by atoms with E-state index in [9.17, 15) is 0 Å². The van der Waals surface area contributed by atoms with Crippen LogP contribution in [0.5, 0.6) is 0 Å². The number of fused-ring (bicyclic) bond motifs is 2. The van der Waals surface area contributed by atoms with Gasteiger partial charge in [0.2, 0.25) is 0 Å². The van der Waals surface area contributed by atoms with E-state index >= 15 is 0 Å². The van der Waals surface area contributed by atoms with Crippen LogP contribution in [-0.2, 0) is 0 Å². The number of furan rings is 1. The molecule has 4 aromatic carbocycles. The van der Waals surface area contributed by atoms with Crippen LogP contribution in [0, 0.1) is 0 Å². The lowest BCUT2D eigenvalue weighted by molar-refractivity contribution is 0.313. The number of H-pyrrole nitrogens is 2. The summed E-state index contributed by atoms with van der Waals surface area (Å²) in [5, 5.41) is 0. The molecule has 0 atom stereocenters. The van der Waals surface area contributed by atoms with Gasteiger partial charge in [0, 0.05) is 86.0 Å². The Kier molecular flexibility index (Phi) is 7.44. The zero-order chi connectivity index (χ0) is 32.9. The van der Waals surface area contributed by atoms with E-state index in [1.807, 2.05) is 12.1 Å². The third-order valence-electron chi connectivity index (χ3n) is 10.2. The van der Waals surface area contributed by atoms with E-state index in [4.69, 9.17) is 14.4 Å². The van der Waals surface area contributed by atoms with Crippen LogP contribution in [0.25, 0.3) is 67.5 Å². The Morgan fingerprint density at radius 2 is 0.857 bits per heavy atom. The summed E-state index contributed by atoms with van der Waals surface area (Å²) in [5.74, 6) is 3.41. The number of likely N-dealkylation sites (N-methyl/N-ethyl adjacent to an activating group) is 2. The summed E-state index contributed by atoms with van der Waals surface area (Å²) in [5.41, 5.74) is 10.7. The third-order valence-corrected chi connectivity index (χ3v) is 10.2. The Morgan fingerprint density at radius 3 is 1.27 bits per heavy atom. The average Bonchev–Trinajstić information content (AvgIpc) is 3.91. The Balaban J connectivity index is 0.887. The molecule has 5 heterocycles. The van der Waals surface area contributed by atoms with Crippen molar-refractivity contribution in [1.29, 1.82) is 0 Å². The first-order chi connectivity index (χ1) is 24.0. The summed E-state index contributed by atoms with van der Waals surface area (Å²) in [7, 11) is 4.37. The molecular weight excluding hydrogens is 608 g/mol. The number of benzene rings is 4. The van der Waals surface area contributed by atoms with E-state index < -0.39 is 0 Å². The Labute approximate surface area is 285 Å². The van der Waals surface area contributed by atoms with Crippen LogP contribution in [0.3, 0.4) is 0 Å². The number of aromatic amines is 2. The highest BCUT2D eigenvalue weighted by Gasteiger charge is 2.17. The van der Waals surface area contributed by atoms with Gasteiger partial charge < -0.3 is 34.0 Å². The van der Waals surface area contributed by atoms with Crippen LogP contribution < -0.4 is 9.80 Å². The summed E-state index contributed by atoms with van der Waals surface area (Å²) in [6.07, 6.45) is 0. The molecule has 246 valence electrons. The fourth-order valence-corrected chi connectivity index (χ4v) is 7.02. The maximum absolute atomic E-state index is 6.34. The molecule has 49 heavy (non-hydrogen) atoms. The second-order valence-electron chi connectivity index (χ2n) is 13.5. The minimum absolute atomic E-state index is 0.834.